The maximum atomic E-state index is 12.8. The summed E-state index contributed by atoms with van der Waals surface area (Å²) in [6.45, 7) is 0. The van der Waals surface area contributed by atoms with Crippen LogP contribution < -0.4 is 5.32 Å². The Kier molecular flexibility index (Phi) is 5.38. The zero-order valence-electron chi connectivity index (χ0n) is 16.3. The molecule has 2 aliphatic carbocycles. The molecule has 29 heavy (non-hydrogen) atoms. The van der Waals surface area contributed by atoms with Crippen LogP contribution in [0, 0.1) is 22.7 Å². The molecule has 8 nitrogen and oxygen atoms in total. The SMILES string of the molecule is N#CC1(n2cc(C(NC(=O)C(=N)Cc3ccccn3)C3CCCCC3)nn2)CC1. The van der Waals surface area contributed by atoms with Crippen molar-refractivity contribution < 1.29 is 4.79 Å². The van der Waals surface area contributed by atoms with E-state index < -0.39 is 11.4 Å². The normalized spacial score (nSPS) is 19.1. The molecule has 150 valence electrons. The number of hydrogen-bond donors (Lipinski definition) is 2. The van der Waals surface area contributed by atoms with E-state index in [2.05, 4.69) is 26.7 Å². The highest BCUT2D eigenvalue weighted by molar-refractivity contribution is 6.38. The molecule has 0 aliphatic heterocycles. The Morgan fingerprint density at radius 1 is 1.34 bits per heavy atom. The highest BCUT2D eigenvalue weighted by atomic mass is 16.1. The van der Waals surface area contributed by atoms with Crippen molar-refractivity contribution >= 4 is 11.6 Å². The fourth-order valence-electron chi connectivity index (χ4n) is 4.03. The monoisotopic (exact) mass is 391 g/mol. The molecule has 2 fully saturated rings. The van der Waals surface area contributed by atoms with Crippen LogP contribution in [0.25, 0.3) is 0 Å². The standard InChI is InChI=1S/C21H25N7O/c22-14-21(9-10-21)28-13-18(26-27-28)19(15-6-2-1-3-7-15)25-20(29)17(23)12-16-8-4-5-11-24-16/h4-5,8,11,13,15,19,23H,1-3,6-7,9-10,12H2,(H,25,29). The predicted octanol–water partition coefficient (Wildman–Crippen LogP) is 2.69. The Morgan fingerprint density at radius 3 is 2.79 bits per heavy atom. The second kappa shape index (κ2) is 8.11. The van der Waals surface area contributed by atoms with Crippen molar-refractivity contribution in [1.82, 2.24) is 25.3 Å². The van der Waals surface area contributed by atoms with Gasteiger partial charge in [-0.2, -0.15) is 5.26 Å². The van der Waals surface area contributed by atoms with E-state index in [-0.39, 0.29) is 24.1 Å². The Balaban J connectivity index is 1.51. The largest absolute Gasteiger partial charge is 0.342 e. The minimum absolute atomic E-state index is 0.0208. The number of carbonyl (C=O) groups is 1. The van der Waals surface area contributed by atoms with Crippen LogP contribution in [0.3, 0.4) is 0 Å². The second-order valence-corrected chi connectivity index (χ2v) is 8.06. The molecule has 2 aromatic rings. The van der Waals surface area contributed by atoms with Gasteiger partial charge in [0.1, 0.15) is 11.4 Å². The lowest BCUT2D eigenvalue weighted by Gasteiger charge is -2.29. The molecule has 1 atom stereocenters. The lowest BCUT2D eigenvalue weighted by molar-refractivity contribution is -0.116. The first-order chi connectivity index (χ1) is 14.1. The molecule has 8 heteroatoms. The molecule has 2 aromatic heterocycles. The summed E-state index contributed by atoms with van der Waals surface area (Å²) in [7, 11) is 0. The zero-order valence-corrected chi connectivity index (χ0v) is 16.3. The number of rotatable bonds is 7. The molecular formula is C21H25N7O. The number of carbonyl (C=O) groups excluding carboxylic acids is 1. The van der Waals surface area contributed by atoms with Gasteiger partial charge in [-0.25, -0.2) is 4.68 Å². The van der Waals surface area contributed by atoms with Gasteiger partial charge in [-0.15, -0.1) is 5.10 Å². The van der Waals surface area contributed by atoms with Gasteiger partial charge in [-0.3, -0.25) is 15.2 Å². The number of pyridine rings is 1. The van der Waals surface area contributed by atoms with Crippen LogP contribution in [0.4, 0.5) is 0 Å². The third kappa shape index (κ3) is 4.19. The van der Waals surface area contributed by atoms with E-state index in [0.29, 0.717) is 11.4 Å². The van der Waals surface area contributed by atoms with Crippen LogP contribution in [0.15, 0.2) is 30.6 Å². The van der Waals surface area contributed by atoms with E-state index in [9.17, 15) is 10.1 Å². The van der Waals surface area contributed by atoms with Crippen LogP contribution in [-0.2, 0) is 16.8 Å². The van der Waals surface area contributed by atoms with Crippen LogP contribution in [0.2, 0.25) is 0 Å². The molecule has 4 rings (SSSR count). The van der Waals surface area contributed by atoms with E-state index in [0.717, 1.165) is 38.5 Å². The van der Waals surface area contributed by atoms with Gasteiger partial charge in [0.2, 0.25) is 0 Å². The van der Waals surface area contributed by atoms with Crippen LogP contribution in [-0.4, -0.2) is 31.6 Å². The number of nitrogens with zero attached hydrogens (tertiary/aromatic N) is 5. The minimum atomic E-state index is -0.571. The fourth-order valence-corrected chi connectivity index (χ4v) is 4.03. The van der Waals surface area contributed by atoms with Crippen molar-refractivity contribution in [3.63, 3.8) is 0 Å². The van der Waals surface area contributed by atoms with E-state index in [1.165, 1.54) is 6.42 Å². The lowest BCUT2D eigenvalue weighted by Crippen LogP contribution is -2.39. The van der Waals surface area contributed by atoms with Gasteiger partial charge in [-0.05, 0) is 43.7 Å². The van der Waals surface area contributed by atoms with E-state index in [1.807, 2.05) is 18.2 Å². The van der Waals surface area contributed by atoms with E-state index in [1.54, 1.807) is 17.1 Å². The summed E-state index contributed by atoms with van der Waals surface area (Å²) in [6, 6.07) is 7.49. The van der Waals surface area contributed by atoms with Crippen LogP contribution in [0.5, 0.6) is 0 Å². The molecule has 0 saturated heterocycles. The number of nitriles is 1. The summed E-state index contributed by atoms with van der Waals surface area (Å²) in [4.78, 5) is 17.0. The maximum absolute atomic E-state index is 12.8. The number of aromatic nitrogens is 4. The lowest BCUT2D eigenvalue weighted by atomic mass is 9.82. The van der Waals surface area contributed by atoms with Gasteiger partial charge in [-0.1, -0.05) is 30.5 Å². The van der Waals surface area contributed by atoms with Crippen LogP contribution >= 0.6 is 0 Å². The Hall–Kier alpha value is -3.08. The summed E-state index contributed by atoms with van der Waals surface area (Å²) < 4.78 is 1.64. The van der Waals surface area contributed by atoms with Crippen molar-refractivity contribution in [3.05, 3.63) is 42.0 Å². The molecule has 0 aromatic carbocycles. The minimum Gasteiger partial charge on any atom is -0.342 e. The number of nitrogens with one attached hydrogen (secondary N) is 2. The Labute approximate surface area is 169 Å². The molecule has 0 radical (unpaired) electrons. The third-order valence-corrected chi connectivity index (χ3v) is 5.97. The molecule has 2 aliphatic rings. The van der Waals surface area contributed by atoms with Gasteiger partial charge < -0.3 is 5.32 Å². The molecule has 0 bridgehead atoms. The maximum Gasteiger partial charge on any atom is 0.265 e. The van der Waals surface area contributed by atoms with Gasteiger partial charge in [0.15, 0.2) is 5.54 Å². The molecule has 1 amide bonds. The summed E-state index contributed by atoms with van der Waals surface area (Å²) in [5, 5.41) is 29.2. The fraction of sp³-hybridized carbons (Fsp3) is 0.524. The van der Waals surface area contributed by atoms with Crippen molar-refractivity contribution in [2.75, 3.05) is 0 Å². The average Bonchev–Trinajstić information content (AvgIpc) is 3.41. The molecular weight excluding hydrogens is 366 g/mol. The average molecular weight is 391 g/mol. The Bertz CT molecular complexity index is 920. The molecule has 2 saturated carbocycles. The van der Waals surface area contributed by atoms with Gasteiger partial charge in [0.05, 0.1) is 18.3 Å². The van der Waals surface area contributed by atoms with Gasteiger partial charge in [0, 0.05) is 18.3 Å². The van der Waals surface area contributed by atoms with Crippen molar-refractivity contribution in [3.8, 4) is 6.07 Å². The van der Waals surface area contributed by atoms with Crippen LogP contribution in [0.1, 0.15) is 62.4 Å². The molecule has 2 heterocycles. The van der Waals surface area contributed by atoms with Gasteiger partial charge in [0.25, 0.3) is 5.91 Å². The smallest absolute Gasteiger partial charge is 0.265 e. The molecule has 2 N–H and O–H groups in total. The molecule has 1 unspecified atom stereocenters. The third-order valence-electron chi connectivity index (χ3n) is 5.97. The van der Waals surface area contributed by atoms with Crippen molar-refractivity contribution in [2.24, 2.45) is 5.92 Å². The highest BCUT2D eigenvalue weighted by Crippen LogP contribution is 2.42. The first-order valence-electron chi connectivity index (χ1n) is 10.2. The summed E-state index contributed by atoms with van der Waals surface area (Å²) in [5.41, 5.74) is 0.778. The first kappa shape index (κ1) is 19.2. The van der Waals surface area contributed by atoms with Crippen molar-refractivity contribution in [1.29, 1.82) is 10.7 Å². The Morgan fingerprint density at radius 2 is 2.14 bits per heavy atom. The van der Waals surface area contributed by atoms with E-state index in [4.69, 9.17) is 5.41 Å². The zero-order chi connectivity index (χ0) is 20.3. The predicted molar refractivity (Wildman–Crippen MR) is 106 cm³/mol. The number of amides is 1. The highest BCUT2D eigenvalue weighted by Gasteiger charge is 2.47. The number of hydrogen-bond acceptors (Lipinski definition) is 6. The summed E-state index contributed by atoms with van der Waals surface area (Å²) in [6.07, 6.45) is 10.7. The van der Waals surface area contributed by atoms with Gasteiger partial charge >= 0.3 is 0 Å². The second-order valence-electron chi connectivity index (χ2n) is 8.06. The summed E-state index contributed by atoms with van der Waals surface area (Å²) in [5.74, 6) is -0.139. The quantitative estimate of drug-likeness (QED) is 0.703. The topological polar surface area (TPSA) is 120 Å². The first-order valence-corrected chi connectivity index (χ1v) is 10.2. The van der Waals surface area contributed by atoms with E-state index >= 15 is 0 Å². The summed E-state index contributed by atoms with van der Waals surface area (Å²) >= 11 is 0. The van der Waals surface area contributed by atoms with Crippen molar-refractivity contribution in [2.45, 2.75) is 62.9 Å². The molecule has 0 spiro atoms.